The Morgan fingerprint density at radius 2 is 2.13 bits per heavy atom. The Hall–Kier alpha value is -1.43. The van der Waals surface area contributed by atoms with Gasteiger partial charge in [0.2, 0.25) is 5.91 Å². The predicted octanol–water partition coefficient (Wildman–Crippen LogP) is 5.20. The van der Waals surface area contributed by atoms with Gasteiger partial charge in [0.05, 0.1) is 21.8 Å². The number of hydrogen-bond donors (Lipinski definition) is 0. The van der Waals surface area contributed by atoms with Gasteiger partial charge < -0.3 is 0 Å². The van der Waals surface area contributed by atoms with Crippen LogP contribution < -0.4 is 0 Å². The molecule has 1 aliphatic heterocycles. The highest BCUT2D eigenvalue weighted by atomic mass is 35.5. The number of hydrazone groups is 1. The standard InChI is InChI=1S/C16H13Cl2FN2OS/c1-8-3-4-23-16(8)15-7-14(20-21(15)9(2)22)10-5-13(19)12(18)6-11(10)17/h3-6,15H,7H2,1-2H3. The predicted molar refractivity (Wildman–Crippen MR) is 91.9 cm³/mol. The average Bonchev–Trinajstić information content (AvgIpc) is 3.08. The highest BCUT2D eigenvalue weighted by Gasteiger charge is 2.33. The summed E-state index contributed by atoms with van der Waals surface area (Å²) in [6.07, 6.45) is 0.488. The zero-order chi connectivity index (χ0) is 16.7. The molecule has 2 heterocycles. The number of halogens is 3. The van der Waals surface area contributed by atoms with Crippen LogP contribution in [0.15, 0.2) is 28.7 Å². The number of amides is 1. The maximum atomic E-state index is 13.8. The monoisotopic (exact) mass is 370 g/mol. The maximum Gasteiger partial charge on any atom is 0.240 e. The maximum absolute atomic E-state index is 13.8. The summed E-state index contributed by atoms with van der Waals surface area (Å²) in [4.78, 5) is 13.0. The third-order valence-electron chi connectivity index (χ3n) is 3.76. The molecule has 2 aromatic rings. The molecule has 1 unspecified atom stereocenters. The summed E-state index contributed by atoms with van der Waals surface area (Å²) in [5, 5.41) is 8.09. The van der Waals surface area contributed by atoms with E-state index in [0.29, 0.717) is 22.7 Å². The van der Waals surface area contributed by atoms with Crippen molar-refractivity contribution in [1.29, 1.82) is 0 Å². The molecule has 3 rings (SSSR count). The number of rotatable bonds is 2. The zero-order valence-corrected chi connectivity index (χ0v) is 14.8. The second-order valence-corrected chi connectivity index (χ2v) is 7.11. The van der Waals surface area contributed by atoms with Gasteiger partial charge in [-0.2, -0.15) is 5.10 Å². The molecule has 0 saturated heterocycles. The van der Waals surface area contributed by atoms with Gasteiger partial charge in [0.25, 0.3) is 0 Å². The van der Waals surface area contributed by atoms with Crippen molar-refractivity contribution in [2.75, 3.05) is 0 Å². The molecule has 0 bridgehead atoms. The fraction of sp³-hybridized carbons (Fsp3) is 0.250. The van der Waals surface area contributed by atoms with Gasteiger partial charge in [0.1, 0.15) is 5.82 Å². The quantitative estimate of drug-likeness (QED) is 0.668. The van der Waals surface area contributed by atoms with Gasteiger partial charge in [-0.15, -0.1) is 11.3 Å². The molecule has 0 aliphatic carbocycles. The fourth-order valence-corrected chi connectivity index (χ4v) is 4.14. The van der Waals surface area contributed by atoms with Crippen LogP contribution in [0.2, 0.25) is 10.0 Å². The Morgan fingerprint density at radius 3 is 2.74 bits per heavy atom. The van der Waals surface area contributed by atoms with E-state index in [-0.39, 0.29) is 17.0 Å². The molecule has 1 amide bonds. The van der Waals surface area contributed by atoms with Crippen molar-refractivity contribution in [3.8, 4) is 0 Å². The van der Waals surface area contributed by atoms with Gasteiger partial charge in [-0.25, -0.2) is 9.40 Å². The summed E-state index contributed by atoms with van der Waals surface area (Å²) in [7, 11) is 0. The molecule has 0 fully saturated rings. The lowest BCUT2D eigenvalue weighted by molar-refractivity contribution is -0.130. The van der Waals surface area contributed by atoms with Crippen LogP contribution in [-0.2, 0) is 4.79 Å². The molecule has 0 saturated carbocycles. The Morgan fingerprint density at radius 1 is 1.39 bits per heavy atom. The molecular weight excluding hydrogens is 358 g/mol. The zero-order valence-electron chi connectivity index (χ0n) is 12.4. The second kappa shape index (κ2) is 6.23. The number of benzene rings is 1. The molecule has 120 valence electrons. The first-order chi connectivity index (χ1) is 10.9. The van der Waals surface area contributed by atoms with E-state index in [0.717, 1.165) is 10.4 Å². The number of nitrogens with zero attached hydrogens (tertiary/aromatic N) is 2. The van der Waals surface area contributed by atoms with Crippen molar-refractivity contribution in [3.05, 3.63) is 55.4 Å². The van der Waals surface area contributed by atoms with E-state index >= 15 is 0 Å². The molecule has 0 spiro atoms. The van der Waals surface area contributed by atoms with Gasteiger partial charge in [0, 0.05) is 23.8 Å². The van der Waals surface area contributed by atoms with Crippen LogP contribution in [0.4, 0.5) is 4.39 Å². The van der Waals surface area contributed by atoms with Crippen molar-refractivity contribution >= 4 is 46.2 Å². The Labute approximate surface area is 147 Å². The molecular formula is C16H13Cl2FN2OS. The third kappa shape index (κ3) is 3.01. The summed E-state index contributed by atoms with van der Waals surface area (Å²) in [6, 6.07) is 4.45. The molecule has 1 atom stereocenters. The van der Waals surface area contributed by atoms with Crippen molar-refractivity contribution < 1.29 is 9.18 Å². The van der Waals surface area contributed by atoms with Crippen LogP contribution >= 0.6 is 34.5 Å². The smallest absolute Gasteiger partial charge is 0.240 e. The van der Waals surface area contributed by atoms with Gasteiger partial charge in [0.15, 0.2) is 0 Å². The van der Waals surface area contributed by atoms with Crippen LogP contribution in [0.25, 0.3) is 0 Å². The van der Waals surface area contributed by atoms with E-state index in [1.807, 2.05) is 18.4 Å². The minimum atomic E-state index is -0.557. The number of carbonyl (C=O) groups is 1. The molecule has 3 nitrogen and oxygen atoms in total. The first-order valence-electron chi connectivity index (χ1n) is 6.94. The number of aryl methyl sites for hydroxylation is 1. The molecule has 0 radical (unpaired) electrons. The Kier molecular flexibility index (Phi) is 4.45. The van der Waals surface area contributed by atoms with Crippen molar-refractivity contribution in [1.82, 2.24) is 5.01 Å². The molecule has 0 N–H and O–H groups in total. The van der Waals surface area contributed by atoms with Crippen LogP contribution in [0, 0.1) is 12.7 Å². The van der Waals surface area contributed by atoms with Gasteiger partial charge in [-0.05, 0) is 36.1 Å². The fourth-order valence-electron chi connectivity index (χ4n) is 2.64. The van der Waals surface area contributed by atoms with E-state index in [1.54, 1.807) is 11.3 Å². The van der Waals surface area contributed by atoms with Crippen LogP contribution in [0.5, 0.6) is 0 Å². The molecule has 23 heavy (non-hydrogen) atoms. The summed E-state index contributed by atoms with van der Waals surface area (Å²) in [5.41, 5.74) is 2.16. The highest BCUT2D eigenvalue weighted by molar-refractivity contribution is 7.10. The largest absolute Gasteiger partial charge is 0.273 e. The normalized spacial score (nSPS) is 17.5. The summed E-state index contributed by atoms with van der Waals surface area (Å²) < 4.78 is 13.8. The van der Waals surface area contributed by atoms with Crippen LogP contribution in [0.3, 0.4) is 0 Å². The Balaban J connectivity index is 2.02. The second-order valence-electron chi connectivity index (χ2n) is 5.34. The highest BCUT2D eigenvalue weighted by Crippen LogP contribution is 2.38. The number of thiophene rings is 1. The molecule has 1 aromatic carbocycles. The molecule has 1 aliphatic rings. The first-order valence-corrected chi connectivity index (χ1v) is 8.58. The van der Waals surface area contributed by atoms with E-state index in [2.05, 4.69) is 5.10 Å². The molecule has 7 heteroatoms. The van der Waals surface area contributed by atoms with Crippen molar-refractivity contribution in [3.63, 3.8) is 0 Å². The van der Waals surface area contributed by atoms with Crippen molar-refractivity contribution in [2.24, 2.45) is 5.10 Å². The SMILES string of the molecule is CC(=O)N1N=C(c2cc(F)c(Cl)cc2Cl)CC1c1sccc1C. The number of hydrogen-bond acceptors (Lipinski definition) is 3. The third-order valence-corrected chi connectivity index (χ3v) is 5.48. The van der Waals surface area contributed by atoms with E-state index < -0.39 is 5.82 Å². The lowest BCUT2D eigenvalue weighted by Crippen LogP contribution is -2.24. The van der Waals surface area contributed by atoms with E-state index in [9.17, 15) is 9.18 Å². The average molecular weight is 371 g/mol. The lowest BCUT2D eigenvalue weighted by Gasteiger charge is -2.19. The van der Waals surface area contributed by atoms with Crippen LogP contribution in [0.1, 0.15) is 35.4 Å². The summed E-state index contributed by atoms with van der Waals surface area (Å²) >= 11 is 13.5. The van der Waals surface area contributed by atoms with E-state index in [4.69, 9.17) is 23.2 Å². The number of carbonyl (C=O) groups excluding carboxylic acids is 1. The minimum absolute atomic E-state index is 0.0357. The minimum Gasteiger partial charge on any atom is -0.273 e. The van der Waals surface area contributed by atoms with E-state index in [1.165, 1.54) is 24.1 Å². The van der Waals surface area contributed by atoms with Gasteiger partial charge in [-0.1, -0.05) is 23.2 Å². The first kappa shape index (κ1) is 16.4. The summed E-state index contributed by atoms with van der Waals surface area (Å²) in [6.45, 7) is 3.46. The van der Waals surface area contributed by atoms with Gasteiger partial charge >= 0.3 is 0 Å². The molecule has 1 aromatic heterocycles. The topological polar surface area (TPSA) is 32.7 Å². The lowest BCUT2D eigenvalue weighted by atomic mass is 10.0. The Bertz CT molecular complexity index is 818. The summed E-state index contributed by atoms with van der Waals surface area (Å²) in [5.74, 6) is -0.720. The van der Waals surface area contributed by atoms with Crippen molar-refractivity contribution in [2.45, 2.75) is 26.3 Å². The van der Waals surface area contributed by atoms with Crippen LogP contribution in [-0.4, -0.2) is 16.6 Å². The van der Waals surface area contributed by atoms with Gasteiger partial charge in [-0.3, -0.25) is 4.79 Å².